The topological polar surface area (TPSA) is 3.24 Å². The lowest BCUT2D eigenvalue weighted by atomic mass is 10.1. The molecule has 1 heteroatoms. The van der Waals surface area contributed by atoms with Crippen molar-refractivity contribution in [3.8, 4) is 0 Å². The fourth-order valence-electron chi connectivity index (χ4n) is 1.38. The minimum Gasteiger partial charge on any atom is -0.306 e. The van der Waals surface area contributed by atoms with Gasteiger partial charge in [-0.05, 0) is 25.9 Å². The first-order valence-electron chi connectivity index (χ1n) is 5.39. The van der Waals surface area contributed by atoms with Crippen LogP contribution in [0.4, 0.5) is 0 Å². The van der Waals surface area contributed by atoms with Gasteiger partial charge in [-0.3, -0.25) is 0 Å². The van der Waals surface area contributed by atoms with Crippen LogP contribution in [0.3, 0.4) is 0 Å². The molecule has 1 atom stereocenters. The molecule has 1 nitrogen and oxygen atoms in total. The zero-order valence-electron chi connectivity index (χ0n) is 9.27. The third-order valence-corrected chi connectivity index (χ3v) is 2.46. The molecule has 0 rings (SSSR count). The van der Waals surface area contributed by atoms with Gasteiger partial charge in [-0.25, -0.2) is 0 Å². The molecule has 0 radical (unpaired) electrons. The second-order valence-corrected chi connectivity index (χ2v) is 3.98. The molecule has 74 valence electrons. The normalized spacial score (nSPS) is 13.8. The van der Waals surface area contributed by atoms with Gasteiger partial charge in [-0.1, -0.05) is 40.0 Å². The van der Waals surface area contributed by atoms with Gasteiger partial charge in [0.25, 0.3) is 0 Å². The monoisotopic (exact) mass is 171 g/mol. The summed E-state index contributed by atoms with van der Waals surface area (Å²) in [6, 6.07) is 0. The van der Waals surface area contributed by atoms with E-state index in [0.29, 0.717) is 0 Å². The van der Waals surface area contributed by atoms with Crippen LogP contribution in [-0.2, 0) is 0 Å². The molecule has 0 amide bonds. The first-order chi connectivity index (χ1) is 5.70. The first kappa shape index (κ1) is 12.0. The maximum atomic E-state index is 2.46. The van der Waals surface area contributed by atoms with E-state index < -0.39 is 0 Å². The molecule has 0 heterocycles. The van der Waals surface area contributed by atoms with E-state index >= 15 is 0 Å². The highest BCUT2D eigenvalue weighted by Crippen LogP contribution is 2.04. The maximum Gasteiger partial charge on any atom is 0.000387 e. The van der Waals surface area contributed by atoms with E-state index in [1.807, 2.05) is 0 Å². The molecule has 0 aliphatic carbocycles. The Morgan fingerprint density at radius 3 is 2.33 bits per heavy atom. The Hall–Kier alpha value is -0.0400. The smallest absolute Gasteiger partial charge is 0.000387 e. The van der Waals surface area contributed by atoms with Crippen LogP contribution in [0.15, 0.2) is 0 Å². The molecule has 0 bridgehead atoms. The molecular weight excluding hydrogens is 146 g/mol. The molecule has 0 aliphatic rings. The minimum absolute atomic E-state index is 0.858. The van der Waals surface area contributed by atoms with Crippen molar-refractivity contribution in [3.63, 3.8) is 0 Å². The van der Waals surface area contributed by atoms with E-state index in [1.165, 1.54) is 38.8 Å². The molecular formula is C11H25N. The standard InChI is InChI=1S/C11H25N/c1-5-7-8-9-12(4)10-11(3)6-2/h11H,5-10H2,1-4H3. The number of unbranched alkanes of at least 4 members (excludes halogenated alkanes) is 2. The van der Waals surface area contributed by atoms with Crippen LogP contribution in [0, 0.1) is 5.92 Å². The summed E-state index contributed by atoms with van der Waals surface area (Å²) in [5.74, 6) is 0.858. The lowest BCUT2D eigenvalue weighted by molar-refractivity contribution is 0.277. The molecule has 0 fully saturated rings. The molecule has 1 unspecified atom stereocenters. The highest BCUT2D eigenvalue weighted by Gasteiger charge is 2.02. The summed E-state index contributed by atoms with van der Waals surface area (Å²) in [6.45, 7) is 9.40. The van der Waals surface area contributed by atoms with Gasteiger partial charge in [-0.2, -0.15) is 0 Å². The van der Waals surface area contributed by atoms with E-state index in [9.17, 15) is 0 Å². The summed E-state index contributed by atoms with van der Waals surface area (Å²) in [4.78, 5) is 2.46. The Morgan fingerprint density at radius 2 is 1.83 bits per heavy atom. The highest BCUT2D eigenvalue weighted by atomic mass is 15.1. The molecule has 0 N–H and O–H groups in total. The van der Waals surface area contributed by atoms with Crippen molar-refractivity contribution in [2.75, 3.05) is 20.1 Å². The summed E-state index contributed by atoms with van der Waals surface area (Å²) in [6.07, 6.45) is 5.38. The largest absolute Gasteiger partial charge is 0.306 e. The highest BCUT2D eigenvalue weighted by molar-refractivity contribution is 4.57. The Bertz CT molecular complexity index is 91.0. The minimum atomic E-state index is 0.858. The van der Waals surface area contributed by atoms with Crippen molar-refractivity contribution in [3.05, 3.63) is 0 Å². The average molecular weight is 171 g/mol. The van der Waals surface area contributed by atoms with Crippen LogP contribution >= 0.6 is 0 Å². The molecule has 0 aliphatic heterocycles. The molecule has 0 saturated heterocycles. The third kappa shape index (κ3) is 6.66. The van der Waals surface area contributed by atoms with Crippen LogP contribution in [0.1, 0.15) is 46.5 Å². The van der Waals surface area contributed by atoms with Crippen LogP contribution in [-0.4, -0.2) is 25.0 Å². The van der Waals surface area contributed by atoms with E-state index in [4.69, 9.17) is 0 Å². The predicted octanol–water partition coefficient (Wildman–Crippen LogP) is 3.15. The predicted molar refractivity (Wildman–Crippen MR) is 56.5 cm³/mol. The Labute approximate surface area is 78.1 Å². The van der Waals surface area contributed by atoms with Crippen molar-refractivity contribution in [1.82, 2.24) is 4.90 Å². The molecule has 0 aromatic rings. The van der Waals surface area contributed by atoms with Crippen molar-refractivity contribution in [1.29, 1.82) is 0 Å². The van der Waals surface area contributed by atoms with Gasteiger partial charge >= 0.3 is 0 Å². The quantitative estimate of drug-likeness (QED) is 0.532. The third-order valence-electron chi connectivity index (χ3n) is 2.46. The van der Waals surface area contributed by atoms with E-state index in [2.05, 4.69) is 32.7 Å². The molecule has 0 aromatic heterocycles. The molecule has 0 saturated carbocycles. The lowest BCUT2D eigenvalue weighted by Gasteiger charge is -2.19. The maximum absolute atomic E-state index is 2.46. The van der Waals surface area contributed by atoms with E-state index in [1.54, 1.807) is 0 Å². The number of nitrogens with zero attached hydrogens (tertiary/aromatic N) is 1. The van der Waals surface area contributed by atoms with Crippen LogP contribution in [0.5, 0.6) is 0 Å². The number of hydrogen-bond donors (Lipinski definition) is 0. The van der Waals surface area contributed by atoms with Crippen LogP contribution in [0.25, 0.3) is 0 Å². The number of hydrogen-bond acceptors (Lipinski definition) is 1. The first-order valence-corrected chi connectivity index (χ1v) is 5.39. The van der Waals surface area contributed by atoms with Crippen LogP contribution < -0.4 is 0 Å². The second-order valence-electron chi connectivity index (χ2n) is 3.98. The number of rotatable bonds is 7. The Morgan fingerprint density at radius 1 is 1.17 bits per heavy atom. The molecule has 0 aromatic carbocycles. The fourth-order valence-corrected chi connectivity index (χ4v) is 1.38. The zero-order chi connectivity index (χ0) is 9.40. The SMILES string of the molecule is CCCCCN(C)CC(C)CC. The van der Waals surface area contributed by atoms with Gasteiger partial charge in [0.15, 0.2) is 0 Å². The lowest BCUT2D eigenvalue weighted by Crippen LogP contribution is -2.25. The summed E-state index contributed by atoms with van der Waals surface area (Å²) < 4.78 is 0. The van der Waals surface area contributed by atoms with E-state index in [0.717, 1.165) is 5.92 Å². The average Bonchev–Trinajstić information content (AvgIpc) is 2.05. The summed E-state index contributed by atoms with van der Waals surface area (Å²) in [5, 5.41) is 0. The summed E-state index contributed by atoms with van der Waals surface area (Å²) >= 11 is 0. The Balaban J connectivity index is 3.26. The second kappa shape index (κ2) is 7.60. The summed E-state index contributed by atoms with van der Waals surface area (Å²) in [7, 11) is 2.24. The van der Waals surface area contributed by atoms with Crippen LogP contribution in [0.2, 0.25) is 0 Å². The van der Waals surface area contributed by atoms with E-state index in [-0.39, 0.29) is 0 Å². The van der Waals surface area contributed by atoms with Gasteiger partial charge < -0.3 is 4.90 Å². The fraction of sp³-hybridized carbons (Fsp3) is 1.00. The van der Waals surface area contributed by atoms with Crippen molar-refractivity contribution >= 4 is 0 Å². The van der Waals surface area contributed by atoms with Gasteiger partial charge in [0.2, 0.25) is 0 Å². The summed E-state index contributed by atoms with van der Waals surface area (Å²) in [5.41, 5.74) is 0. The van der Waals surface area contributed by atoms with Gasteiger partial charge in [-0.15, -0.1) is 0 Å². The Kier molecular flexibility index (Phi) is 7.58. The zero-order valence-corrected chi connectivity index (χ0v) is 9.27. The van der Waals surface area contributed by atoms with Crippen molar-refractivity contribution < 1.29 is 0 Å². The van der Waals surface area contributed by atoms with Gasteiger partial charge in [0, 0.05) is 6.54 Å². The van der Waals surface area contributed by atoms with Gasteiger partial charge in [0.05, 0.1) is 0 Å². The van der Waals surface area contributed by atoms with Crippen molar-refractivity contribution in [2.45, 2.75) is 46.5 Å². The van der Waals surface area contributed by atoms with Gasteiger partial charge in [0.1, 0.15) is 0 Å². The van der Waals surface area contributed by atoms with Crippen molar-refractivity contribution in [2.24, 2.45) is 5.92 Å². The molecule has 12 heavy (non-hydrogen) atoms. The molecule has 0 spiro atoms.